The first-order valence-electron chi connectivity index (χ1n) is 7.78. The van der Waals surface area contributed by atoms with Gasteiger partial charge in [-0.25, -0.2) is 8.42 Å². The Bertz CT molecular complexity index is 589. The minimum Gasteiger partial charge on any atom is -0.382 e. The van der Waals surface area contributed by atoms with E-state index in [9.17, 15) is 8.42 Å². The second-order valence-corrected chi connectivity index (χ2v) is 7.96. The normalized spacial score (nSPS) is 29.4. The van der Waals surface area contributed by atoms with Gasteiger partial charge in [0, 0.05) is 13.7 Å². The molecule has 6 heteroatoms. The Morgan fingerprint density at radius 1 is 1.23 bits per heavy atom. The van der Waals surface area contributed by atoms with Gasteiger partial charge in [0.05, 0.1) is 30.6 Å². The van der Waals surface area contributed by atoms with Crippen LogP contribution in [0.3, 0.4) is 0 Å². The molecule has 0 N–H and O–H groups in total. The van der Waals surface area contributed by atoms with Crippen molar-refractivity contribution in [3.05, 3.63) is 35.9 Å². The van der Waals surface area contributed by atoms with Gasteiger partial charge in [-0.1, -0.05) is 30.3 Å². The van der Waals surface area contributed by atoms with Crippen molar-refractivity contribution in [1.82, 2.24) is 4.31 Å². The standard InChI is InChI=1S/C16H23NO4S/c1-20-11-14-7-8-15-16(21-14)9-10-17(15)22(18,19)12-13-5-3-2-4-6-13/h2-6,14-16H,7-12H2,1H3/t14-,15+,16+/m1/s1. The second kappa shape index (κ2) is 6.66. The van der Waals surface area contributed by atoms with Gasteiger partial charge >= 0.3 is 0 Å². The highest BCUT2D eigenvalue weighted by Crippen LogP contribution is 2.34. The van der Waals surface area contributed by atoms with Crippen molar-refractivity contribution in [1.29, 1.82) is 0 Å². The third-order valence-corrected chi connectivity index (χ3v) is 6.35. The van der Waals surface area contributed by atoms with Gasteiger partial charge in [-0.05, 0) is 24.8 Å². The fourth-order valence-corrected chi connectivity index (χ4v) is 5.30. The van der Waals surface area contributed by atoms with Crippen molar-refractivity contribution in [2.75, 3.05) is 20.3 Å². The van der Waals surface area contributed by atoms with Gasteiger partial charge in [-0.2, -0.15) is 4.31 Å². The second-order valence-electron chi connectivity index (χ2n) is 6.04. The van der Waals surface area contributed by atoms with Crippen LogP contribution in [0.4, 0.5) is 0 Å². The predicted molar refractivity (Wildman–Crippen MR) is 83.9 cm³/mol. The molecule has 122 valence electrons. The van der Waals surface area contributed by atoms with Gasteiger partial charge in [0.25, 0.3) is 0 Å². The molecule has 0 unspecified atom stereocenters. The van der Waals surface area contributed by atoms with Crippen LogP contribution in [0.1, 0.15) is 24.8 Å². The molecule has 0 amide bonds. The highest BCUT2D eigenvalue weighted by Gasteiger charge is 2.44. The predicted octanol–water partition coefficient (Wildman–Crippen LogP) is 1.78. The molecule has 2 aliphatic rings. The van der Waals surface area contributed by atoms with E-state index in [1.54, 1.807) is 11.4 Å². The first kappa shape index (κ1) is 15.9. The van der Waals surface area contributed by atoms with E-state index < -0.39 is 10.0 Å². The average molecular weight is 325 g/mol. The number of nitrogens with zero attached hydrogens (tertiary/aromatic N) is 1. The molecule has 2 aliphatic heterocycles. The zero-order chi connectivity index (χ0) is 15.6. The lowest BCUT2D eigenvalue weighted by Crippen LogP contribution is -2.46. The molecule has 2 heterocycles. The van der Waals surface area contributed by atoms with Gasteiger partial charge in [-0.3, -0.25) is 0 Å². The summed E-state index contributed by atoms with van der Waals surface area (Å²) in [5, 5.41) is 0. The Balaban J connectivity index is 1.68. The Hall–Kier alpha value is -0.950. The van der Waals surface area contributed by atoms with Crippen LogP contribution in [0.5, 0.6) is 0 Å². The molecular formula is C16H23NO4S. The van der Waals surface area contributed by atoms with Crippen molar-refractivity contribution >= 4 is 10.0 Å². The molecule has 0 bridgehead atoms. The molecule has 0 saturated carbocycles. The summed E-state index contributed by atoms with van der Waals surface area (Å²) in [7, 11) is -1.62. The topological polar surface area (TPSA) is 55.8 Å². The van der Waals surface area contributed by atoms with Crippen LogP contribution < -0.4 is 0 Å². The number of fused-ring (bicyclic) bond motifs is 1. The molecular weight excluding hydrogens is 302 g/mol. The average Bonchev–Trinajstić information content (AvgIpc) is 2.92. The van der Waals surface area contributed by atoms with Gasteiger partial charge in [0.2, 0.25) is 10.0 Å². The summed E-state index contributed by atoms with van der Waals surface area (Å²) >= 11 is 0. The summed E-state index contributed by atoms with van der Waals surface area (Å²) in [6.07, 6.45) is 2.60. The number of rotatable bonds is 5. The summed E-state index contributed by atoms with van der Waals surface area (Å²) < 4.78 is 38.2. The van der Waals surface area contributed by atoms with E-state index in [1.165, 1.54) is 0 Å². The van der Waals surface area contributed by atoms with Crippen molar-refractivity contribution in [2.24, 2.45) is 0 Å². The molecule has 0 radical (unpaired) electrons. The molecule has 3 atom stereocenters. The Kier molecular flexibility index (Phi) is 4.82. The number of sulfonamides is 1. The van der Waals surface area contributed by atoms with E-state index >= 15 is 0 Å². The van der Waals surface area contributed by atoms with E-state index in [4.69, 9.17) is 9.47 Å². The number of hydrogen-bond acceptors (Lipinski definition) is 4. The fourth-order valence-electron chi connectivity index (χ4n) is 3.48. The van der Waals surface area contributed by atoms with Crippen LogP contribution in [-0.4, -0.2) is 51.2 Å². The Labute approximate surface area is 132 Å². The molecule has 1 aromatic carbocycles. The molecule has 0 aromatic heterocycles. The van der Waals surface area contributed by atoms with Crippen molar-refractivity contribution in [2.45, 2.75) is 43.3 Å². The Morgan fingerprint density at radius 2 is 2.00 bits per heavy atom. The van der Waals surface area contributed by atoms with Crippen LogP contribution in [0.25, 0.3) is 0 Å². The van der Waals surface area contributed by atoms with Gasteiger partial charge in [0.15, 0.2) is 0 Å². The zero-order valence-electron chi connectivity index (χ0n) is 12.8. The van der Waals surface area contributed by atoms with Gasteiger partial charge in [-0.15, -0.1) is 0 Å². The van der Waals surface area contributed by atoms with E-state index in [2.05, 4.69) is 0 Å². The maximum atomic E-state index is 12.7. The first-order chi connectivity index (χ1) is 10.6. The lowest BCUT2D eigenvalue weighted by Gasteiger charge is -2.35. The van der Waals surface area contributed by atoms with E-state index in [0.717, 1.165) is 24.8 Å². The van der Waals surface area contributed by atoms with Crippen LogP contribution >= 0.6 is 0 Å². The minimum absolute atomic E-state index is 0.0122. The van der Waals surface area contributed by atoms with Gasteiger partial charge in [0.1, 0.15) is 0 Å². The zero-order valence-corrected chi connectivity index (χ0v) is 13.7. The number of methoxy groups -OCH3 is 1. The summed E-state index contributed by atoms with van der Waals surface area (Å²) in [4.78, 5) is 0. The summed E-state index contributed by atoms with van der Waals surface area (Å²) in [6, 6.07) is 9.34. The molecule has 5 nitrogen and oxygen atoms in total. The molecule has 2 fully saturated rings. The first-order valence-corrected chi connectivity index (χ1v) is 9.39. The molecule has 1 aromatic rings. The van der Waals surface area contributed by atoms with Crippen molar-refractivity contribution in [3.63, 3.8) is 0 Å². The smallest absolute Gasteiger partial charge is 0.218 e. The van der Waals surface area contributed by atoms with E-state index in [0.29, 0.717) is 13.2 Å². The van der Waals surface area contributed by atoms with Gasteiger partial charge < -0.3 is 9.47 Å². The number of benzene rings is 1. The molecule has 2 saturated heterocycles. The maximum absolute atomic E-state index is 12.7. The lowest BCUT2D eigenvalue weighted by atomic mass is 10.0. The number of ether oxygens (including phenoxy) is 2. The molecule has 22 heavy (non-hydrogen) atoms. The van der Waals surface area contributed by atoms with Crippen LogP contribution in [0.2, 0.25) is 0 Å². The van der Waals surface area contributed by atoms with Crippen LogP contribution in [-0.2, 0) is 25.2 Å². The maximum Gasteiger partial charge on any atom is 0.218 e. The minimum atomic E-state index is -3.29. The van der Waals surface area contributed by atoms with Crippen molar-refractivity contribution < 1.29 is 17.9 Å². The third kappa shape index (κ3) is 3.35. The van der Waals surface area contributed by atoms with E-state index in [-0.39, 0.29) is 24.0 Å². The largest absolute Gasteiger partial charge is 0.382 e. The van der Waals surface area contributed by atoms with Crippen LogP contribution in [0.15, 0.2) is 30.3 Å². The molecule has 3 rings (SSSR count). The van der Waals surface area contributed by atoms with Crippen LogP contribution in [0, 0.1) is 0 Å². The third-order valence-electron chi connectivity index (χ3n) is 4.49. The summed E-state index contributed by atoms with van der Waals surface area (Å²) in [5.41, 5.74) is 0.833. The number of hydrogen-bond donors (Lipinski definition) is 0. The monoisotopic (exact) mass is 325 g/mol. The quantitative estimate of drug-likeness (QED) is 0.828. The Morgan fingerprint density at radius 3 is 2.73 bits per heavy atom. The SMILES string of the molecule is COC[C@H]1CC[C@H]2[C@H](CCN2S(=O)(=O)Cc2ccccc2)O1. The lowest BCUT2D eigenvalue weighted by molar-refractivity contribution is -0.0872. The summed E-state index contributed by atoms with van der Waals surface area (Å²) in [6.45, 7) is 1.14. The molecule has 0 spiro atoms. The highest BCUT2D eigenvalue weighted by atomic mass is 32.2. The highest BCUT2D eigenvalue weighted by molar-refractivity contribution is 7.88. The fraction of sp³-hybridized carbons (Fsp3) is 0.625. The van der Waals surface area contributed by atoms with E-state index in [1.807, 2.05) is 30.3 Å². The van der Waals surface area contributed by atoms with Crippen molar-refractivity contribution in [3.8, 4) is 0 Å². The summed E-state index contributed by atoms with van der Waals surface area (Å²) in [5.74, 6) is 0.0680. The molecule has 0 aliphatic carbocycles.